The lowest BCUT2D eigenvalue weighted by Gasteiger charge is -2.09. The molecule has 7 heteroatoms. The third-order valence-electron chi connectivity index (χ3n) is 3.08. The van der Waals surface area contributed by atoms with Crippen molar-refractivity contribution in [3.63, 3.8) is 0 Å². The standard InChI is InChI=1S/C14H17ClN2O3S/c1-10-9-12(20-17-10)5-4-8-16-21(18,19)14-7-3-6-13(15)11(14)2/h3,6-7,9,16H,4-5,8H2,1-2H3. The summed E-state index contributed by atoms with van der Waals surface area (Å²) in [6.07, 6.45) is 1.27. The van der Waals surface area contributed by atoms with Crippen LogP contribution in [0.3, 0.4) is 0 Å². The second-order valence-corrected chi connectivity index (χ2v) is 6.94. The molecule has 0 unspecified atom stereocenters. The first-order valence-electron chi connectivity index (χ1n) is 6.57. The molecule has 0 spiro atoms. The second-order valence-electron chi connectivity index (χ2n) is 4.80. The summed E-state index contributed by atoms with van der Waals surface area (Å²) in [5.74, 6) is 0.755. The minimum Gasteiger partial charge on any atom is -0.361 e. The fourth-order valence-electron chi connectivity index (χ4n) is 1.96. The van der Waals surface area contributed by atoms with E-state index in [0.29, 0.717) is 30.0 Å². The molecular weight excluding hydrogens is 312 g/mol. The number of aryl methyl sites for hydroxylation is 2. The molecule has 2 rings (SSSR count). The van der Waals surface area contributed by atoms with Crippen LogP contribution in [0.5, 0.6) is 0 Å². The Labute approximate surface area is 129 Å². The van der Waals surface area contributed by atoms with Gasteiger partial charge in [0.05, 0.1) is 10.6 Å². The molecule has 1 aromatic carbocycles. The topological polar surface area (TPSA) is 72.2 Å². The van der Waals surface area contributed by atoms with Gasteiger partial charge in [0.2, 0.25) is 10.0 Å². The first-order chi connectivity index (χ1) is 9.90. The summed E-state index contributed by atoms with van der Waals surface area (Å²) in [6, 6.07) is 6.68. The number of aromatic nitrogens is 1. The van der Waals surface area contributed by atoms with Crippen molar-refractivity contribution in [2.45, 2.75) is 31.6 Å². The Morgan fingerprint density at radius 2 is 2.10 bits per heavy atom. The van der Waals surface area contributed by atoms with Crippen molar-refractivity contribution in [3.05, 3.63) is 46.3 Å². The number of sulfonamides is 1. The lowest BCUT2D eigenvalue weighted by molar-refractivity contribution is 0.377. The lowest BCUT2D eigenvalue weighted by atomic mass is 10.2. The fraction of sp³-hybridized carbons (Fsp3) is 0.357. The van der Waals surface area contributed by atoms with Crippen molar-refractivity contribution in [1.82, 2.24) is 9.88 Å². The highest BCUT2D eigenvalue weighted by Crippen LogP contribution is 2.22. The second kappa shape index (κ2) is 6.60. The number of hydrogen-bond donors (Lipinski definition) is 1. The molecule has 0 aliphatic carbocycles. The van der Waals surface area contributed by atoms with Gasteiger partial charge in [0.25, 0.3) is 0 Å². The Hall–Kier alpha value is -1.37. The van der Waals surface area contributed by atoms with Gasteiger partial charge in [-0.2, -0.15) is 0 Å². The molecule has 0 fully saturated rings. The molecule has 1 aromatic heterocycles. The molecule has 0 radical (unpaired) electrons. The van der Waals surface area contributed by atoms with Crippen LogP contribution in [0.4, 0.5) is 0 Å². The van der Waals surface area contributed by atoms with Crippen molar-refractivity contribution in [2.24, 2.45) is 0 Å². The largest absolute Gasteiger partial charge is 0.361 e. The lowest BCUT2D eigenvalue weighted by Crippen LogP contribution is -2.25. The minimum absolute atomic E-state index is 0.213. The van der Waals surface area contributed by atoms with E-state index in [4.69, 9.17) is 16.1 Å². The highest BCUT2D eigenvalue weighted by molar-refractivity contribution is 7.89. The maximum atomic E-state index is 12.2. The van der Waals surface area contributed by atoms with Crippen molar-refractivity contribution in [3.8, 4) is 0 Å². The van der Waals surface area contributed by atoms with Crippen LogP contribution in [0.25, 0.3) is 0 Å². The molecular formula is C14H17ClN2O3S. The summed E-state index contributed by atoms with van der Waals surface area (Å²) in [5.41, 5.74) is 1.37. The molecule has 0 saturated heterocycles. The Morgan fingerprint density at radius 1 is 1.33 bits per heavy atom. The first kappa shape index (κ1) is 16.0. The molecule has 114 valence electrons. The van der Waals surface area contributed by atoms with Crippen molar-refractivity contribution in [1.29, 1.82) is 0 Å². The van der Waals surface area contributed by atoms with Crippen LogP contribution in [-0.2, 0) is 16.4 Å². The van der Waals surface area contributed by atoms with Gasteiger partial charge in [0.15, 0.2) is 0 Å². The molecule has 1 N–H and O–H groups in total. The van der Waals surface area contributed by atoms with Crippen molar-refractivity contribution >= 4 is 21.6 Å². The Morgan fingerprint density at radius 3 is 2.76 bits per heavy atom. The normalized spacial score (nSPS) is 11.8. The van der Waals surface area contributed by atoms with Gasteiger partial charge in [0.1, 0.15) is 5.76 Å². The third-order valence-corrected chi connectivity index (χ3v) is 5.09. The van der Waals surface area contributed by atoms with Crippen LogP contribution in [0.15, 0.2) is 33.7 Å². The molecule has 2 aromatic rings. The Bertz CT molecular complexity index is 726. The number of nitrogens with zero attached hydrogens (tertiary/aromatic N) is 1. The summed E-state index contributed by atoms with van der Waals surface area (Å²) >= 11 is 5.95. The van der Waals surface area contributed by atoms with E-state index in [9.17, 15) is 8.42 Å². The number of hydrogen-bond acceptors (Lipinski definition) is 4. The van der Waals surface area contributed by atoms with Crippen LogP contribution >= 0.6 is 11.6 Å². The van der Waals surface area contributed by atoms with Crippen LogP contribution in [0.2, 0.25) is 5.02 Å². The Balaban J connectivity index is 1.94. The highest BCUT2D eigenvalue weighted by Gasteiger charge is 2.17. The van der Waals surface area contributed by atoms with Gasteiger partial charge in [-0.1, -0.05) is 22.8 Å². The highest BCUT2D eigenvalue weighted by atomic mass is 35.5. The molecule has 0 atom stereocenters. The number of rotatable bonds is 6. The quantitative estimate of drug-likeness (QED) is 0.828. The maximum Gasteiger partial charge on any atom is 0.240 e. The molecule has 0 aliphatic rings. The summed E-state index contributed by atoms with van der Waals surface area (Å²) in [4.78, 5) is 0.213. The SMILES string of the molecule is Cc1cc(CCCNS(=O)(=O)c2cccc(Cl)c2C)on1. The average molecular weight is 329 g/mol. The van der Waals surface area contributed by atoms with Crippen molar-refractivity contribution in [2.75, 3.05) is 6.54 Å². The predicted molar refractivity (Wildman–Crippen MR) is 80.9 cm³/mol. The first-order valence-corrected chi connectivity index (χ1v) is 8.43. The zero-order chi connectivity index (χ0) is 15.5. The summed E-state index contributed by atoms with van der Waals surface area (Å²) < 4.78 is 32.1. The average Bonchev–Trinajstić information content (AvgIpc) is 2.83. The van der Waals surface area contributed by atoms with E-state index in [0.717, 1.165) is 11.5 Å². The molecule has 0 amide bonds. The van der Waals surface area contributed by atoms with Crippen LogP contribution in [0.1, 0.15) is 23.4 Å². The third kappa shape index (κ3) is 4.06. The number of nitrogens with one attached hydrogen (secondary N) is 1. The maximum absolute atomic E-state index is 12.2. The van der Waals surface area contributed by atoms with E-state index in [1.54, 1.807) is 25.1 Å². The van der Waals surface area contributed by atoms with Gasteiger partial charge >= 0.3 is 0 Å². The molecule has 0 bridgehead atoms. The smallest absolute Gasteiger partial charge is 0.240 e. The van der Waals surface area contributed by atoms with E-state index < -0.39 is 10.0 Å². The van der Waals surface area contributed by atoms with E-state index >= 15 is 0 Å². The zero-order valence-corrected chi connectivity index (χ0v) is 13.5. The molecule has 5 nitrogen and oxygen atoms in total. The van der Waals surface area contributed by atoms with E-state index in [1.165, 1.54) is 0 Å². The summed E-state index contributed by atoms with van der Waals surface area (Å²) in [5, 5.41) is 4.22. The van der Waals surface area contributed by atoms with E-state index in [1.807, 2.05) is 13.0 Å². The minimum atomic E-state index is -3.54. The van der Waals surface area contributed by atoms with Gasteiger partial charge in [0, 0.05) is 24.1 Å². The summed E-state index contributed by atoms with van der Waals surface area (Å²) in [6.45, 7) is 3.86. The fourth-order valence-corrected chi connectivity index (χ4v) is 3.53. The van der Waals surface area contributed by atoms with E-state index in [-0.39, 0.29) is 4.90 Å². The van der Waals surface area contributed by atoms with Gasteiger partial charge < -0.3 is 4.52 Å². The molecule has 1 heterocycles. The van der Waals surface area contributed by atoms with Crippen LogP contribution in [-0.4, -0.2) is 20.1 Å². The molecule has 21 heavy (non-hydrogen) atoms. The molecule has 0 saturated carbocycles. The van der Waals surface area contributed by atoms with E-state index in [2.05, 4.69) is 9.88 Å². The van der Waals surface area contributed by atoms with Gasteiger partial charge in [-0.05, 0) is 38.0 Å². The monoisotopic (exact) mass is 328 g/mol. The zero-order valence-electron chi connectivity index (χ0n) is 11.9. The van der Waals surface area contributed by atoms with Gasteiger partial charge in [-0.25, -0.2) is 13.1 Å². The Kier molecular flexibility index (Phi) is 5.03. The number of halogens is 1. The van der Waals surface area contributed by atoms with Gasteiger partial charge in [-0.15, -0.1) is 0 Å². The van der Waals surface area contributed by atoms with Crippen molar-refractivity contribution < 1.29 is 12.9 Å². The predicted octanol–water partition coefficient (Wildman–Crippen LogP) is 2.86. The van der Waals surface area contributed by atoms with Crippen LogP contribution < -0.4 is 4.72 Å². The summed E-state index contributed by atoms with van der Waals surface area (Å²) in [7, 11) is -3.54. The number of benzene rings is 1. The molecule has 0 aliphatic heterocycles. The van der Waals surface area contributed by atoms with Gasteiger partial charge in [-0.3, -0.25) is 0 Å². The van der Waals surface area contributed by atoms with Crippen LogP contribution in [0, 0.1) is 13.8 Å².